The Kier molecular flexibility index (Phi) is 5.76. The van der Waals surface area contributed by atoms with E-state index >= 15 is 0 Å². The first-order valence-corrected chi connectivity index (χ1v) is 9.78. The van der Waals surface area contributed by atoms with Crippen molar-refractivity contribution < 1.29 is 4.79 Å². The Labute approximate surface area is 148 Å². The summed E-state index contributed by atoms with van der Waals surface area (Å²) in [5.74, 6) is 1.47. The Balaban J connectivity index is 1.45. The third-order valence-electron chi connectivity index (χ3n) is 4.99. The highest BCUT2D eigenvalue weighted by Crippen LogP contribution is 2.27. The molecule has 132 valence electrons. The summed E-state index contributed by atoms with van der Waals surface area (Å²) < 4.78 is 0. The molecule has 1 aromatic heterocycles. The van der Waals surface area contributed by atoms with E-state index in [1.807, 2.05) is 4.90 Å². The second-order valence-corrected chi connectivity index (χ2v) is 8.21. The van der Waals surface area contributed by atoms with E-state index in [0.717, 1.165) is 44.9 Å². The molecule has 2 fully saturated rings. The van der Waals surface area contributed by atoms with E-state index in [4.69, 9.17) is 0 Å². The highest BCUT2D eigenvalue weighted by molar-refractivity contribution is 7.11. The van der Waals surface area contributed by atoms with Crippen molar-refractivity contribution in [3.63, 3.8) is 0 Å². The predicted molar refractivity (Wildman–Crippen MR) is 99.3 cm³/mol. The lowest BCUT2D eigenvalue weighted by Gasteiger charge is -2.21. The fraction of sp³-hybridized carbons (Fsp3) is 0.667. The van der Waals surface area contributed by atoms with Gasteiger partial charge in [0, 0.05) is 41.9 Å². The van der Waals surface area contributed by atoms with Gasteiger partial charge in [-0.2, -0.15) is 0 Å². The van der Waals surface area contributed by atoms with Crippen molar-refractivity contribution in [2.75, 3.05) is 20.1 Å². The Bertz CT molecular complexity index is 592. The Hall–Kier alpha value is -1.56. The summed E-state index contributed by atoms with van der Waals surface area (Å²) in [5.41, 5.74) is 0. The van der Waals surface area contributed by atoms with Crippen molar-refractivity contribution in [3.05, 3.63) is 21.9 Å². The lowest BCUT2D eigenvalue weighted by atomic mass is 10.1. The fourth-order valence-corrected chi connectivity index (χ4v) is 4.48. The summed E-state index contributed by atoms with van der Waals surface area (Å²) in [6.45, 7) is 4.58. The first-order valence-electron chi connectivity index (χ1n) is 8.97. The average Bonchev–Trinajstić information content (AvgIpc) is 3.32. The smallest absolute Gasteiger partial charge is 0.225 e. The Morgan fingerprint density at radius 2 is 2.12 bits per heavy atom. The molecule has 0 spiro atoms. The van der Waals surface area contributed by atoms with Gasteiger partial charge in [-0.25, -0.2) is 0 Å². The van der Waals surface area contributed by atoms with E-state index < -0.39 is 0 Å². The minimum atomic E-state index is 0.281. The van der Waals surface area contributed by atoms with E-state index in [1.165, 1.54) is 22.6 Å². The molecular weight excluding hydrogens is 320 g/mol. The number of guanidine groups is 1. The normalized spacial score (nSPS) is 22.2. The number of carbonyl (C=O) groups is 1. The molecule has 1 unspecified atom stereocenters. The maximum Gasteiger partial charge on any atom is 0.225 e. The van der Waals surface area contributed by atoms with Gasteiger partial charge in [-0.3, -0.25) is 9.79 Å². The number of aryl methyl sites for hydroxylation is 1. The number of hydrogen-bond acceptors (Lipinski definition) is 3. The van der Waals surface area contributed by atoms with E-state index in [9.17, 15) is 4.79 Å². The number of nitrogens with one attached hydrogen (secondary N) is 2. The number of rotatable bonds is 4. The van der Waals surface area contributed by atoms with Crippen LogP contribution >= 0.6 is 11.3 Å². The van der Waals surface area contributed by atoms with Crippen LogP contribution in [0.1, 0.15) is 41.9 Å². The second kappa shape index (κ2) is 8.01. The molecule has 2 N–H and O–H groups in total. The SMILES string of the molecule is CN=C(NCc1ccc(C)s1)NC1CCN(C(=O)C2CCCC2)C1. The van der Waals surface area contributed by atoms with Crippen LogP contribution in [0.3, 0.4) is 0 Å². The van der Waals surface area contributed by atoms with Gasteiger partial charge in [-0.05, 0) is 38.3 Å². The molecule has 1 aliphatic heterocycles. The van der Waals surface area contributed by atoms with Crippen LogP contribution in [0.25, 0.3) is 0 Å². The molecule has 2 aliphatic rings. The van der Waals surface area contributed by atoms with Crippen molar-refractivity contribution in [1.29, 1.82) is 0 Å². The summed E-state index contributed by atoms with van der Waals surface area (Å²) >= 11 is 1.80. The van der Waals surface area contributed by atoms with Crippen molar-refractivity contribution in [2.45, 2.75) is 51.6 Å². The highest BCUT2D eigenvalue weighted by Gasteiger charge is 2.32. The van der Waals surface area contributed by atoms with Gasteiger partial charge in [0.05, 0.1) is 6.54 Å². The van der Waals surface area contributed by atoms with Crippen LogP contribution in [0.2, 0.25) is 0 Å². The molecule has 1 saturated carbocycles. The number of nitrogens with zero attached hydrogens (tertiary/aromatic N) is 2. The van der Waals surface area contributed by atoms with Gasteiger partial charge in [0.1, 0.15) is 0 Å². The monoisotopic (exact) mass is 348 g/mol. The average molecular weight is 349 g/mol. The van der Waals surface area contributed by atoms with Crippen LogP contribution in [0.15, 0.2) is 17.1 Å². The van der Waals surface area contributed by atoms with Gasteiger partial charge in [-0.1, -0.05) is 12.8 Å². The van der Waals surface area contributed by atoms with Crippen LogP contribution in [0.4, 0.5) is 0 Å². The quantitative estimate of drug-likeness (QED) is 0.649. The van der Waals surface area contributed by atoms with Gasteiger partial charge in [0.2, 0.25) is 5.91 Å². The molecule has 3 rings (SSSR count). The van der Waals surface area contributed by atoms with Crippen molar-refractivity contribution in [1.82, 2.24) is 15.5 Å². The molecule has 0 radical (unpaired) electrons. The molecule has 0 aromatic carbocycles. The third kappa shape index (κ3) is 4.29. The molecular formula is C18H28N4OS. The van der Waals surface area contributed by atoms with Gasteiger partial charge < -0.3 is 15.5 Å². The minimum absolute atomic E-state index is 0.281. The molecule has 1 atom stereocenters. The number of carbonyl (C=O) groups excluding carboxylic acids is 1. The molecule has 0 bridgehead atoms. The molecule has 1 amide bonds. The zero-order valence-corrected chi connectivity index (χ0v) is 15.5. The largest absolute Gasteiger partial charge is 0.352 e. The summed E-state index contributed by atoms with van der Waals surface area (Å²) in [6.07, 6.45) is 5.58. The van der Waals surface area contributed by atoms with Crippen molar-refractivity contribution in [3.8, 4) is 0 Å². The van der Waals surface area contributed by atoms with E-state index in [-0.39, 0.29) is 5.92 Å². The van der Waals surface area contributed by atoms with Crippen LogP contribution in [-0.2, 0) is 11.3 Å². The fourth-order valence-electron chi connectivity index (χ4n) is 3.65. The molecule has 1 aliphatic carbocycles. The van der Waals surface area contributed by atoms with E-state index in [0.29, 0.717) is 11.9 Å². The lowest BCUT2D eigenvalue weighted by molar-refractivity contribution is -0.134. The zero-order valence-electron chi connectivity index (χ0n) is 14.7. The van der Waals surface area contributed by atoms with Crippen LogP contribution in [0.5, 0.6) is 0 Å². The Morgan fingerprint density at radius 3 is 2.79 bits per heavy atom. The predicted octanol–water partition coefficient (Wildman–Crippen LogP) is 2.51. The highest BCUT2D eigenvalue weighted by atomic mass is 32.1. The third-order valence-corrected chi connectivity index (χ3v) is 6.00. The van der Waals surface area contributed by atoms with Crippen molar-refractivity contribution >= 4 is 23.2 Å². The first-order chi connectivity index (χ1) is 11.7. The number of aliphatic imine (C=N–C) groups is 1. The minimum Gasteiger partial charge on any atom is -0.352 e. The molecule has 1 saturated heterocycles. The van der Waals surface area contributed by atoms with Crippen LogP contribution in [-0.4, -0.2) is 42.9 Å². The van der Waals surface area contributed by atoms with E-state index in [1.54, 1.807) is 18.4 Å². The lowest BCUT2D eigenvalue weighted by Crippen LogP contribution is -2.45. The van der Waals surface area contributed by atoms with E-state index in [2.05, 4.69) is 34.7 Å². The van der Waals surface area contributed by atoms with Gasteiger partial charge >= 0.3 is 0 Å². The van der Waals surface area contributed by atoms with Crippen LogP contribution in [0, 0.1) is 12.8 Å². The summed E-state index contributed by atoms with van der Waals surface area (Å²) in [4.78, 5) is 21.5. The first kappa shape index (κ1) is 17.3. The standard InChI is InChI=1S/C18H28N4OS/c1-13-7-8-16(24-13)11-20-18(19-2)21-15-9-10-22(12-15)17(23)14-5-3-4-6-14/h7-8,14-15H,3-6,9-12H2,1-2H3,(H2,19,20,21). The topological polar surface area (TPSA) is 56.7 Å². The summed E-state index contributed by atoms with van der Waals surface area (Å²) in [7, 11) is 1.80. The molecule has 1 aromatic rings. The van der Waals surface area contributed by atoms with Gasteiger partial charge in [0.15, 0.2) is 5.96 Å². The zero-order chi connectivity index (χ0) is 16.9. The molecule has 5 nitrogen and oxygen atoms in total. The van der Waals surface area contributed by atoms with Gasteiger partial charge in [0.25, 0.3) is 0 Å². The maximum absolute atomic E-state index is 12.5. The van der Waals surface area contributed by atoms with Gasteiger partial charge in [-0.15, -0.1) is 11.3 Å². The summed E-state index contributed by atoms with van der Waals surface area (Å²) in [5, 5.41) is 6.84. The maximum atomic E-state index is 12.5. The number of amides is 1. The Morgan fingerprint density at radius 1 is 1.33 bits per heavy atom. The van der Waals surface area contributed by atoms with Crippen LogP contribution < -0.4 is 10.6 Å². The number of thiophene rings is 1. The second-order valence-electron chi connectivity index (χ2n) is 6.83. The number of hydrogen-bond donors (Lipinski definition) is 2. The number of likely N-dealkylation sites (tertiary alicyclic amines) is 1. The summed E-state index contributed by atoms with van der Waals surface area (Å²) in [6, 6.07) is 4.59. The molecule has 6 heteroatoms. The molecule has 2 heterocycles. The molecule has 24 heavy (non-hydrogen) atoms. The van der Waals surface area contributed by atoms with Crippen molar-refractivity contribution in [2.24, 2.45) is 10.9 Å².